The summed E-state index contributed by atoms with van der Waals surface area (Å²) in [6.07, 6.45) is 3.62. The Morgan fingerprint density at radius 1 is 1.27 bits per heavy atom. The van der Waals surface area contributed by atoms with Gasteiger partial charge in [-0.15, -0.1) is 11.3 Å². The smallest absolute Gasteiger partial charge is 0.0931 e. The summed E-state index contributed by atoms with van der Waals surface area (Å²) in [6, 6.07) is 4.11. The predicted molar refractivity (Wildman–Crippen MR) is 70.0 cm³/mol. The molecule has 3 heteroatoms. The summed E-state index contributed by atoms with van der Waals surface area (Å²) in [5, 5.41) is 3.49. The summed E-state index contributed by atoms with van der Waals surface area (Å²) in [5.74, 6) is 0. The van der Waals surface area contributed by atoms with Gasteiger partial charge in [0, 0.05) is 10.4 Å². The van der Waals surface area contributed by atoms with E-state index in [9.17, 15) is 0 Å². The average Bonchev–Trinajstić information content (AvgIpc) is 2.49. The lowest BCUT2D eigenvalue weighted by Crippen LogP contribution is -2.36. The number of nitrogens with one attached hydrogen (secondary N) is 1. The molecule has 1 N–H and O–H groups in total. The Hall–Kier alpha value is -0.0500. The van der Waals surface area contributed by atoms with Crippen molar-refractivity contribution in [1.29, 1.82) is 0 Å². The number of rotatable bonds is 5. The molecule has 0 aliphatic heterocycles. The highest BCUT2D eigenvalue weighted by molar-refractivity contribution is 7.16. The zero-order valence-corrected chi connectivity index (χ0v) is 11.3. The molecule has 0 saturated heterocycles. The van der Waals surface area contributed by atoms with Crippen LogP contribution in [0.5, 0.6) is 0 Å². The van der Waals surface area contributed by atoms with Gasteiger partial charge < -0.3 is 5.32 Å². The van der Waals surface area contributed by atoms with Crippen molar-refractivity contribution in [3.8, 4) is 0 Å². The number of thiophene rings is 1. The van der Waals surface area contributed by atoms with Crippen molar-refractivity contribution in [2.45, 2.75) is 45.6 Å². The molecule has 0 aliphatic rings. The molecule has 1 nitrogen and oxygen atoms in total. The van der Waals surface area contributed by atoms with Crippen LogP contribution in [0, 0.1) is 0 Å². The zero-order valence-electron chi connectivity index (χ0n) is 9.77. The molecule has 0 aromatic carbocycles. The van der Waals surface area contributed by atoms with Gasteiger partial charge >= 0.3 is 0 Å². The second kappa shape index (κ2) is 5.88. The van der Waals surface area contributed by atoms with Crippen molar-refractivity contribution in [3.63, 3.8) is 0 Å². The molecule has 1 heterocycles. The molecule has 0 spiro atoms. The van der Waals surface area contributed by atoms with Crippen molar-refractivity contribution < 1.29 is 0 Å². The fourth-order valence-electron chi connectivity index (χ4n) is 1.37. The summed E-state index contributed by atoms with van der Waals surface area (Å²) in [6.45, 7) is 7.70. The Bertz CT molecular complexity index is 288. The first-order valence-corrected chi connectivity index (χ1v) is 6.66. The number of hydrogen-bond donors (Lipinski definition) is 1. The van der Waals surface area contributed by atoms with Gasteiger partial charge in [-0.1, -0.05) is 11.6 Å². The molecule has 0 bridgehead atoms. The van der Waals surface area contributed by atoms with Gasteiger partial charge in [0.15, 0.2) is 0 Å². The zero-order chi connectivity index (χ0) is 11.3. The van der Waals surface area contributed by atoms with E-state index >= 15 is 0 Å². The van der Waals surface area contributed by atoms with Gasteiger partial charge in [0.05, 0.1) is 4.34 Å². The maximum Gasteiger partial charge on any atom is 0.0931 e. The maximum absolute atomic E-state index is 5.87. The summed E-state index contributed by atoms with van der Waals surface area (Å²) in [7, 11) is 0. The molecule has 1 aromatic heterocycles. The SMILES string of the molecule is CC(C)(C)NCCCCc1ccc(Cl)s1. The van der Waals surface area contributed by atoms with Gasteiger partial charge in [-0.05, 0) is 58.7 Å². The van der Waals surface area contributed by atoms with Gasteiger partial charge in [-0.2, -0.15) is 0 Å². The first-order valence-electron chi connectivity index (χ1n) is 5.47. The molecule has 1 aromatic rings. The van der Waals surface area contributed by atoms with E-state index in [2.05, 4.69) is 32.2 Å². The molecular weight excluding hydrogens is 226 g/mol. The van der Waals surface area contributed by atoms with Crippen molar-refractivity contribution in [2.24, 2.45) is 0 Å². The minimum atomic E-state index is 0.242. The number of halogens is 1. The Kier molecular flexibility index (Phi) is 5.10. The highest BCUT2D eigenvalue weighted by atomic mass is 35.5. The lowest BCUT2D eigenvalue weighted by atomic mass is 10.1. The Morgan fingerprint density at radius 3 is 2.53 bits per heavy atom. The molecule has 0 atom stereocenters. The van der Waals surface area contributed by atoms with Gasteiger partial charge in [0.1, 0.15) is 0 Å². The van der Waals surface area contributed by atoms with Crippen LogP contribution in [0.3, 0.4) is 0 Å². The van der Waals surface area contributed by atoms with E-state index < -0.39 is 0 Å². The van der Waals surface area contributed by atoms with E-state index in [1.165, 1.54) is 17.7 Å². The van der Waals surface area contributed by atoms with Crippen LogP contribution in [0.25, 0.3) is 0 Å². The summed E-state index contributed by atoms with van der Waals surface area (Å²) >= 11 is 7.56. The van der Waals surface area contributed by atoms with Gasteiger partial charge in [-0.3, -0.25) is 0 Å². The monoisotopic (exact) mass is 245 g/mol. The van der Waals surface area contributed by atoms with Crippen LogP contribution in [0.4, 0.5) is 0 Å². The molecule has 0 fully saturated rings. The molecule has 1 rings (SSSR count). The van der Waals surface area contributed by atoms with Crippen LogP contribution in [-0.4, -0.2) is 12.1 Å². The number of hydrogen-bond acceptors (Lipinski definition) is 2. The topological polar surface area (TPSA) is 12.0 Å². The number of aryl methyl sites for hydroxylation is 1. The molecule has 86 valence electrons. The fourth-order valence-corrected chi connectivity index (χ4v) is 2.50. The third-order valence-corrected chi connectivity index (χ3v) is 3.43. The fraction of sp³-hybridized carbons (Fsp3) is 0.667. The van der Waals surface area contributed by atoms with Gasteiger partial charge in [-0.25, -0.2) is 0 Å². The van der Waals surface area contributed by atoms with Gasteiger partial charge in [0.25, 0.3) is 0 Å². The second-order valence-corrected chi connectivity index (χ2v) is 6.64. The summed E-state index contributed by atoms with van der Waals surface area (Å²) in [4.78, 5) is 1.40. The van der Waals surface area contributed by atoms with Crippen LogP contribution in [0.1, 0.15) is 38.5 Å². The van der Waals surface area contributed by atoms with E-state index in [0.29, 0.717) is 0 Å². The molecule has 0 aliphatic carbocycles. The second-order valence-electron chi connectivity index (χ2n) is 4.84. The van der Waals surface area contributed by atoms with E-state index in [1.807, 2.05) is 6.07 Å². The van der Waals surface area contributed by atoms with E-state index in [-0.39, 0.29) is 5.54 Å². The maximum atomic E-state index is 5.87. The highest BCUT2D eigenvalue weighted by Crippen LogP contribution is 2.22. The summed E-state index contributed by atoms with van der Waals surface area (Å²) in [5.41, 5.74) is 0.242. The van der Waals surface area contributed by atoms with Crippen molar-refractivity contribution >= 4 is 22.9 Å². The molecular formula is C12H20ClNS. The molecule has 0 saturated carbocycles. The molecule has 15 heavy (non-hydrogen) atoms. The first-order chi connectivity index (χ1) is 6.97. The van der Waals surface area contributed by atoms with Crippen molar-refractivity contribution in [3.05, 3.63) is 21.3 Å². The van der Waals surface area contributed by atoms with Crippen LogP contribution in [-0.2, 0) is 6.42 Å². The standard InChI is InChI=1S/C12H20ClNS/c1-12(2,3)14-9-5-4-6-10-7-8-11(13)15-10/h7-8,14H,4-6,9H2,1-3H3. The third kappa shape index (κ3) is 6.18. The van der Waals surface area contributed by atoms with Crippen molar-refractivity contribution in [1.82, 2.24) is 5.32 Å². The van der Waals surface area contributed by atoms with E-state index in [4.69, 9.17) is 11.6 Å². The lowest BCUT2D eigenvalue weighted by molar-refractivity contribution is 0.419. The first kappa shape index (κ1) is 13.0. The predicted octanol–water partition coefficient (Wildman–Crippen LogP) is 4.11. The third-order valence-electron chi connectivity index (χ3n) is 2.13. The van der Waals surface area contributed by atoms with Crippen LogP contribution < -0.4 is 5.32 Å². The quantitative estimate of drug-likeness (QED) is 0.770. The minimum absolute atomic E-state index is 0.242. The lowest BCUT2D eigenvalue weighted by Gasteiger charge is -2.20. The highest BCUT2D eigenvalue weighted by Gasteiger charge is 2.07. The Balaban J connectivity index is 2.07. The molecule has 0 amide bonds. The minimum Gasteiger partial charge on any atom is -0.312 e. The largest absolute Gasteiger partial charge is 0.312 e. The number of unbranched alkanes of at least 4 members (excludes halogenated alkanes) is 1. The van der Waals surface area contributed by atoms with Crippen LogP contribution in [0.2, 0.25) is 4.34 Å². The normalized spacial score (nSPS) is 12.0. The van der Waals surface area contributed by atoms with E-state index in [0.717, 1.165) is 17.3 Å². The van der Waals surface area contributed by atoms with E-state index in [1.54, 1.807) is 11.3 Å². The van der Waals surface area contributed by atoms with Gasteiger partial charge in [0.2, 0.25) is 0 Å². The van der Waals surface area contributed by atoms with Crippen LogP contribution in [0.15, 0.2) is 12.1 Å². The average molecular weight is 246 g/mol. The molecule has 0 unspecified atom stereocenters. The van der Waals surface area contributed by atoms with Crippen molar-refractivity contribution in [2.75, 3.05) is 6.54 Å². The Morgan fingerprint density at radius 2 is 2.00 bits per heavy atom. The van der Waals surface area contributed by atoms with Crippen LogP contribution >= 0.6 is 22.9 Å². The Labute approximate surface area is 102 Å². The summed E-state index contributed by atoms with van der Waals surface area (Å²) < 4.78 is 0.901. The molecule has 0 radical (unpaired) electrons.